The van der Waals surface area contributed by atoms with Gasteiger partial charge in [0.2, 0.25) is 0 Å². The molecular weight excluding hydrogens is 202 g/mol. The Hall–Kier alpha value is -1.23. The van der Waals surface area contributed by atoms with Gasteiger partial charge in [-0.15, -0.1) is 0 Å². The topological polar surface area (TPSA) is 64.1 Å². The number of carbonyl (C=O) groups excluding carboxylic acids is 1. The Balaban J connectivity index is 2.61. The van der Waals surface area contributed by atoms with Crippen molar-refractivity contribution in [1.29, 1.82) is 0 Å². The largest absolute Gasteiger partial charge is 0.294 e. The molecule has 0 amide bonds. The molecule has 0 radical (unpaired) electrons. The zero-order valence-electron chi connectivity index (χ0n) is 7.80. The first kappa shape index (κ1) is 10.8. The highest BCUT2D eigenvalue weighted by Gasteiger charge is 2.09. The molecular formula is C9H11NO3S. The van der Waals surface area contributed by atoms with Gasteiger partial charge in [0.1, 0.15) is 9.84 Å². The summed E-state index contributed by atoms with van der Waals surface area (Å²) in [5.41, 5.74) is 0.503. The first-order chi connectivity index (χ1) is 6.49. The third-order valence-corrected chi connectivity index (χ3v) is 2.65. The van der Waals surface area contributed by atoms with Crippen molar-refractivity contribution in [2.45, 2.75) is 6.42 Å². The molecule has 0 unspecified atom stereocenters. The smallest absolute Gasteiger partial charge is 0.163 e. The SMILES string of the molecule is CS(=O)(=O)CCC(=O)c1ccncc1. The van der Waals surface area contributed by atoms with Crippen molar-refractivity contribution in [2.75, 3.05) is 12.0 Å². The van der Waals surface area contributed by atoms with Crippen LogP contribution in [0.3, 0.4) is 0 Å². The summed E-state index contributed by atoms with van der Waals surface area (Å²) in [5.74, 6) is -0.272. The minimum atomic E-state index is -3.06. The number of hydrogen-bond acceptors (Lipinski definition) is 4. The Labute approximate surface area is 82.9 Å². The minimum absolute atomic E-state index is 0.0306. The van der Waals surface area contributed by atoms with E-state index in [1.807, 2.05) is 0 Å². The lowest BCUT2D eigenvalue weighted by Crippen LogP contribution is -2.09. The normalized spacial score (nSPS) is 11.2. The molecule has 0 aliphatic rings. The number of nitrogens with zero attached hydrogens (tertiary/aromatic N) is 1. The molecule has 0 aliphatic carbocycles. The van der Waals surface area contributed by atoms with Crippen molar-refractivity contribution in [3.05, 3.63) is 30.1 Å². The number of aromatic nitrogens is 1. The quantitative estimate of drug-likeness (QED) is 0.690. The van der Waals surface area contributed by atoms with Gasteiger partial charge in [-0.25, -0.2) is 8.42 Å². The fraction of sp³-hybridized carbons (Fsp3) is 0.333. The Bertz CT molecular complexity index is 411. The van der Waals surface area contributed by atoms with E-state index >= 15 is 0 Å². The number of ketones is 1. The molecule has 1 aromatic rings. The maximum absolute atomic E-state index is 11.4. The van der Waals surface area contributed by atoms with E-state index in [1.54, 1.807) is 12.1 Å². The van der Waals surface area contributed by atoms with Gasteiger partial charge in [0.25, 0.3) is 0 Å². The number of sulfone groups is 1. The standard InChI is InChI=1S/C9H11NO3S/c1-14(12,13)7-4-9(11)8-2-5-10-6-3-8/h2-3,5-6H,4,7H2,1H3. The van der Waals surface area contributed by atoms with Crippen molar-refractivity contribution in [3.63, 3.8) is 0 Å². The monoisotopic (exact) mass is 213 g/mol. The van der Waals surface area contributed by atoms with Crippen molar-refractivity contribution in [1.82, 2.24) is 4.98 Å². The minimum Gasteiger partial charge on any atom is -0.294 e. The summed E-state index contributed by atoms with van der Waals surface area (Å²) in [7, 11) is -3.06. The molecule has 1 aromatic heterocycles. The van der Waals surface area contributed by atoms with Gasteiger partial charge in [-0.2, -0.15) is 0 Å². The van der Waals surface area contributed by atoms with Crippen molar-refractivity contribution < 1.29 is 13.2 Å². The van der Waals surface area contributed by atoms with E-state index in [0.717, 1.165) is 6.26 Å². The molecule has 0 fully saturated rings. The molecule has 0 saturated carbocycles. The third-order valence-electron chi connectivity index (χ3n) is 1.70. The van der Waals surface area contributed by atoms with E-state index in [0.29, 0.717) is 5.56 Å². The Morgan fingerprint density at radius 1 is 1.36 bits per heavy atom. The average molecular weight is 213 g/mol. The number of rotatable bonds is 4. The Morgan fingerprint density at radius 3 is 2.43 bits per heavy atom. The maximum Gasteiger partial charge on any atom is 0.163 e. The van der Waals surface area contributed by atoms with Gasteiger partial charge in [-0.1, -0.05) is 0 Å². The van der Waals surface area contributed by atoms with Gasteiger partial charge in [0, 0.05) is 30.6 Å². The van der Waals surface area contributed by atoms with Crippen LogP contribution in [0.5, 0.6) is 0 Å². The van der Waals surface area contributed by atoms with Crippen LogP contribution in [0.25, 0.3) is 0 Å². The van der Waals surface area contributed by atoms with Crippen LogP contribution in [0, 0.1) is 0 Å². The summed E-state index contributed by atoms with van der Waals surface area (Å²) in [6, 6.07) is 3.15. The van der Waals surface area contributed by atoms with Gasteiger partial charge in [-0.05, 0) is 12.1 Å². The summed E-state index contributed by atoms with van der Waals surface area (Å²) < 4.78 is 21.6. The number of carbonyl (C=O) groups is 1. The molecule has 0 atom stereocenters. The zero-order chi connectivity index (χ0) is 10.6. The predicted molar refractivity (Wildman–Crippen MR) is 52.9 cm³/mol. The van der Waals surface area contributed by atoms with E-state index in [4.69, 9.17) is 0 Å². The fourth-order valence-corrected chi connectivity index (χ4v) is 1.52. The van der Waals surface area contributed by atoms with Crippen LogP contribution in [0.4, 0.5) is 0 Å². The van der Waals surface area contributed by atoms with E-state index in [1.165, 1.54) is 12.4 Å². The van der Waals surface area contributed by atoms with Crippen LogP contribution in [-0.4, -0.2) is 31.2 Å². The number of pyridine rings is 1. The molecule has 14 heavy (non-hydrogen) atoms. The third kappa shape index (κ3) is 3.66. The fourth-order valence-electron chi connectivity index (χ4n) is 0.960. The van der Waals surface area contributed by atoms with Gasteiger partial charge >= 0.3 is 0 Å². The van der Waals surface area contributed by atoms with Crippen LogP contribution >= 0.6 is 0 Å². The molecule has 4 nitrogen and oxygen atoms in total. The molecule has 1 rings (SSSR count). The van der Waals surface area contributed by atoms with Crippen LogP contribution in [0.1, 0.15) is 16.8 Å². The summed E-state index contributed by atoms with van der Waals surface area (Å²) in [4.78, 5) is 15.2. The Kier molecular flexibility index (Phi) is 3.35. The van der Waals surface area contributed by atoms with E-state index in [-0.39, 0.29) is 18.0 Å². The molecule has 1 heterocycles. The molecule has 5 heteroatoms. The Morgan fingerprint density at radius 2 is 1.93 bits per heavy atom. The molecule has 0 spiro atoms. The highest BCUT2D eigenvalue weighted by molar-refractivity contribution is 7.90. The lowest BCUT2D eigenvalue weighted by atomic mass is 10.1. The van der Waals surface area contributed by atoms with Gasteiger partial charge in [-0.3, -0.25) is 9.78 Å². The van der Waals surface area contributed by atoms with Crippen molar-refractivity contribution in [2.24, 2.45) is 0 Å². The van der Waals surface area contributed by atoms with Crippen molar-refractivity contribution in [3.8, 4) is 0 Å². The maximum atomic E-state index is 11.4. The second-order valence-corrected chi connectivity index (χ2v) is 5.30. The lowest BCUT2D eigenvalue weighted by Gasteiger charge is -1.98. The van der Waals surface area contributed by atoms with E-state index in [9.17, 15) is 13.2 Å². The molecule has 0 N–H and O–H groups in total. The van der Waals surface area contributed by atoms with Crippen LogP contribution < -0.4 is 0 Å². The highest BCUT2D eigenvalue weighted by atomic mass is 32.2. The lowest BCUT2D eigenvalue weighted by molar-refractivity contribution is 0.0988. The van der Waals surface area contributed by atoms with Crippen LogP contribution in [-0.2, 0) is 9.84 Å². The van der Waals surface area contributed by atoms with Gasteiger partial charge < -0.3 is 0 Å². The van der Waals surface area contributed by atoms with Crippen LogP contribution in [0.15, 0.2) is 24.5 Å². The second-order valence-electron chi connectivity index (χ2n) is 3.04. The summed E-state index contributed by atoms with van der Waals surface area (Å²) in [6.07, 6.45) is 4.16. The van der Waals surface area contributed by atoms with E-state index < -0.39 is 9.84 Å². The number of Topliss-reactive ketones (excluding diaryl/α,β-unsaturated/α-hetero) is 1. The van der Waals surface area contributed by atoms with E-state index in [2.05, 4.69) is 4.98 Å². The van der Waals surface area contributed by atoms with Crippen molar-refractivity contribution >= 4 is 15.6 Å². The highest BCUT2D eigenvalue weighted by Crippen LogP contribution is 2.02. The van der Waals surface area contributed by atoms with Gasteiger partial charge in [0.15, 0.2) is 5.78 Å². The predicted octanol–water partition coefficient (Wildman–Crippen LogP) is 0.699. The molecule has 0 saturated heterocycles. The molecule has 0 bridgehead atoms. The number of hydrogen-bond donors (Lipinski definition) is 0. The molecule has 0 aromatic carbocycles. The second kappa shape index (κ2) is 4.32. The van der Waals surface area contributed by atoms with Crippen LogP contribution in [0.2, 0.25) is 0 Å². The summed E-state index contributed by atoms with van der Waals surface area (Å²) in [5, 5.41) is 0. The summed E-state index contributed by atoms with van der Waals surface area (Å²) in [6.45, 7) is 0. The molecule has 0 aliphatic heterocycles. The average Bonchev–Trinajstić information content (AvgIpc) is 2.14. The summed E-state index contributed by atoms with van der Waals surface area (Å²) >= 11 is 0. The molecule has 76 valence electrons. The first-order valence-corrected chi connectivity index (χ1v) is 6.16. The zero-order valence-corrected chi connectivity index (χ0v) is 8.62. The van der Waals surface area contributed by atoms with Gasteiger partial charge in [0.05, 0.1) is 5.75 Å². The first-order valence-electron chi connectivity index (χ1n) is 4.10.